The second-order valence-corrected chi connectivity index (χ2v) is 3.61. The van der Waals surface area contributed by atoms with E-state index in [2.05, 4.69) is 9.97 Å². The van der Waals surface area contributed by atoms with Crippen LogP contribution in [0.15, 0.2) is 5.16 Å². The van der Waals surface area contributed by atoms with Gasteiger partial charge in [-0.25, -0.2) is 9.97 Å². The van der Waals surface area contributed by atoms with Crippen molar-refractivity contribution in [2.45, 2.75) is 18.5 Å². The lowest BCUT2D eigenvalue weighted by molar-refractivity contribution is 0.929. The van der Waals surface area contributed by atoms with Crippen LogP contribution in [-0.2, 0) is 6.42 Å². The first-order valence-electron chi connectivity index (χ1n) is 3.45. The first-order chi connectivity index (χ1) is 5.69. The Morgan fingerprint density at radius 3 is 2.08 bits per heavy atom. The maximum atomic E-state index is 5.86. The molecular weight excluding hydrogens is 215 g/mol. The van der Waals surface area contributed by atoms with Crippen LogP contribution < -0.4 is 0 Å². The molecule has 0 saturated heterocycles. The van der Waals surface area contributed by atoms with Crippen LogP contribution in [0.2, 0.25) is 10.3 Å². The summed E-state index contributed by atoms with van der Waals surface area (Å²) in [5.74, 6) is 0. The van der Waals surface area contributed by atoms with Crippen molar-refractivity contribution in [3.05, 3.63) is 15.9 Å². The lowest BCUT2D eigenvalue weighted by Crippen LogP contribution is -1.94. The predicted octanol–water partition coefficient (Wildman–Crippen LogP) is 3.07. The van der Waals surface area contributed by atoms with Crippen molar-refractivity contribution in [2.75, 3.05) is 6.26 Å². The molecule has 0 radical (unpaired) electrons. The molecule has 0 aliphatic carbocycles. The Balaban J connectivity index is 3.18. The molecule has 2 nitrogen and oxygen atoms in total. The number of rotatable bonds is 2. The minimum absolute atomic E-state index is 0.460. The molecule has 0 unspecified atom stereocenters. The highest BCUT2D eigenvalue weighted by Crippen LogP contribution is 2.24. The largest absolute Gasteiger partial charge is 0.210 e. The Labute approximate surface area is 85.7 Å². The molecule has 12 heavy (non-hydrogen) atoms. The van der Waals surface area contributed by atoms with E-state index in [0.29, 0.717) is 15.5 Å². The third-order valence-corrected chi connectivity index (χ3v) is 2.59. The van der Waals surface area contributed by atoms with Gasteiger partial charge in [0, 0.05) is 5.56 Å². The fourth-order valence-electron chi connectivity index (χ4n) is 0.796. The minimum Gasteiger partial charge on any atom is -0.210 e. The number of thioether (sulfide) groups is 1. The van der Waals surface area contributed by atoms with Gasteiger partial charge in [-0.2, -0.15) is 0 Å². The number of hydrogen-bond donors (Lipinski definition) is 0. The summed E-state index contributed by atoms with van der Waals surface area (Å²) in [5.41, 5.74) is 0.816. The van der Waals surface area contributed by atoms with Crippen molar-refractivity contribution >= 4 is 35.0 Å². The van der Waals surface area contributed by atoms with E-state index in [9.17, 15) is 0 Å². The Morgan fingerprint density at radius 1 is 1.25 bits per heavy atom. The van der Waals surface area contributed by atoms with Crippen LogP contribution in [0.3, 0.4) is 0 Å². The molecular formula is C7H8Cl2N2S. The van der Waals surface area contributed by atoms with Crippen LogP contribution in [0.25, 0.3) is 0 Å². The van der Waals surface area contributed by atoms with Gasteiger partial charge in [-0.15, -0.1) is 0 Å². The average molecular weight is 223 g/mol. The molecule has 0 aliphatic rings. The molecule has 0 saturated carbocycles. The molecule has 1 aromatic heterocycles. The third-order valence-electron chi connectivity index (χ3n) is 1.42. The maximum Gasteiger partial charge on any atom is 0.190 e. The molecule has 1 aromatic rings. The van der Waals surface area contributed by atoms with Gasteiger partial charge in [0.25, 0.3) is 0 Å². The average Bonchev–Trinajstić information content (AvgIpc) is 2.03. The second kappa shape index (κ2) is 4.30. The summed E-state index contributed by atoms with van der Waals surface area (Å²) in [5, 5.41) is 1.53. The van der Waals surface area contributed by atoms with E-state index in [1.807, 2.05) is 13.2 Å². The maximum absolute atomic E-state index is 5.86. The van der Waals surface area contributed by atoms with Crippen LogP contribution in [-0.4, -0.2) is 16.2 Å². The lowest BCUT2D eigenvalue weighted by Gasteiger charge is -2.03. The lowest BCUT2D eigenvalue weighted by atomic mass is 10.3. The van der Waals surface area contributed by atoms with Crippen molar-refractivity contribution in [2.24, 2.45) is 0 Å². The molecule has 0 bridgehead atoms. The highest BCUT2D eigenvalue weighted by molar-refractivity contribution is 7.98. The summed E-state index contributed by atoms with van der Waals surface area (Å²) >= 11 is 13.2. The van der Waals surface area contributed by atoms with Crippen LogP contribution >= 0.6 is 35.0 Å². The van der Waals surface area contributed by atoms with E-state index in [0.717, 1.165) is 12.0 Å². The zero-order valence-corrected chi connectivity index (χ0v) is 9.09. The van der Waals surface area contributed by atoms with Gasteiger partial charge in [0.1, 0.15) is 10.3 Å². The zero-order chi connectivity index (χ0) is 9.14. The van der Waals surface area contributed by atoms with Gasteiger partial charge in [-0.05, 0) is 12.7 Å². The van der Waals surface area contributed by atoms with Crippen LogP contribution in [0.5, 0.6) is 0 Å². The smallest absolute Gasteiger partial charge is 0.190 e. The van der Waals surface area contributed by atoms with Gasteiger partial charge in [-0.3, -0.25) is 0 Å². The minimum atomic E-state index is 0.460. The fourth-order valence-corrected chi connectivity index (χ4v) is 1.92. The fraction of sp³-hybridized carbons (Fsp3) is 0.429. The molecule has 0 amide bonds. The van der Waals surface area contributed by atoms with Crippen molar-refractivity contribution in [3.63, 3.8) is 0 Å². The number of nitrogens with zero attached hydrogens (tertiary/aromatic N) is 2. The highest BCUT2D eigenvalue weighted by Gasteiger charge is 2.08. The Morgan fingerprint density at radius 2 is 1.75 bits per heavy atom. The van der Waals surface area contributed by atoms with Gasteiger partial charge >= 0.3 is 0 Å². The topological polar surface area (TPSA) is 25.8 Å². The SMILES string of the molecule is CCc1c(Cl)nc(SC)nc1Cl. The van der Waals surface area contributed by atoms with Gasteiger partial charge in [-0.1, -0.05) is 41.9 Å². The first-order valence-corrected chi connectivity index (χ1v) is 5.43. The molecule has 0 aliphatic heterocycles. The quantitative estimate of drug-likeness (QED) is 0.437. The molecule has 1 rings (SSSR count). The van der Waals surface area contributed by atoms with Crippen LogP contribution in [0.4, 0.5) is 0 Å². The third kappa shape index (κ3) is 2.03. The van der Waals surface area contributed by atoms with Gasteiger partial charge < -0.3 is 0 Å². The van der Waals surface area contributed by atoms with E-state index >= 15 is 0 Å². The summed E-state index contributed by atoms with van der Waals surface area (Å²) in [6.07, 6.45) is 2.64. The second-order valence-electron chi connectivity index (χ2n) is 2.12. The van der Waals surface area contributed by atoms with E-state index in [4.69, 9.17) is 23.2 Å². The molecule has 0 atom stereocenters. The molecule has 1 heterocycles. The van der Waals surface area contributed by atoms with Crippen molar-refractivity contribution in [1.82, 2.24) is 9.97 Å². The van der Waals surface area contributed by atoms with Crippen LogP contribution in [0, 0.1) is 0 Å². The summed E-state index contributed by atoms with van der Waals surface area (Å²) in [6.45, 7) is 1.97. The monoisotopic (exact) mass is 222 g/mol. The number of aromatic nitrogens is 2. The van der Waals surface area contributed by atoms with E-state index in [1.54, 1.807) is 0 Å². The summed E-state index contributed by atoms with van der Waals surface area (Å²) in [4.78, 5) is 8.11. The molecule has 0 spiro atoms. The molecule has 0 aromatic carbocycles. The molecule has 5 heteroatoms. The number of halogens is 2. The molecule has 0 N–H and O–H groups in total. The normalized spacial score (nSPS) is 10.3. The first kappa shape index (κ1) is 10.1. The zero-order valence-electron chi connectivity index (χ0n) is 6.77. The van der Waals surface area contributed by atoms with E-state index in [-0.39, 0.29) is 0 Å². The predicted molar refractivity (Wildman–Crippen MR) is 53.2 cm³/mol. The Bertz CT molecular complexity index is 268. The van der Waals surface area contributed by atoms with Gasteiger partial charge in [0.05, 0.1) is 0 Å². The van der Waals surface area contributed by atoms with Crippen LogP contribution in [0.1, 0.15) is 12.5 Å². The highest BCUT2D eigenvalue weighted by atomic mass is 35.5. The Kier molecular flexibility index (Phi) is 3.62. The summed E-state index contributed by atoms with van der Waals surface area (Å²) in [6, 6.07) is 0. The van der Waals surface area contributed by atoms with Gasteiger partial charge in [0.2, 0.25) is 0 Å². The van der Waals surface area contributed by atoms with Crippen molar-refractivity contribution < 1.29 is 0 Å². The van der Waals surface area contributed by atoms with Crippen molar-refractivity contribution in [1.29, 1.82) is 0 Å². The summed E-state index contributed by atoms with van der Waals surface area (Å²) in [7, 11) is 0. The number of hydrogen-bond acceptors (Lipinski definition) is 3. The standard InChI is InChI=1S/C7H8Cl2N2S/c1-3-4-5(8)10-7(12-2)11-6(4)9/h3H2,1-2H3. The summed E-state index contributed by atoms with van der Waals surface area (Å²) < 4.78 is 0. The van der Waals surface area contributed by atoms with Gasteiger partial charge in [0.15, 0.2) is 5.16 Å². The van der Waals surface area contributed by atoms with E-state index in [1.165, 1.54) is 11.8 Å². The molecule has 66 valence electrons. The van der Waals surface area contributed by atoms with Crippen molar-refractivity contribution in [3.8, 4) is 0 Å². The molecule has 0 fully saturated rings. The van der Waals surface area contributed by atoms with E-state index < -0.39 is 0 Å². The Hall–Kier alpha value is 0.01000.